The molecule has 0 saturated heterocycles. The molecule has 4 heteroatoms. The standard InChI is InChI=1S/C15H23NO3/c1-15(2,3)14(17)11-9-12(18-4)10(6-7-16)8-13(11)19-5/h8-9H,6-7,16H2,1-5H3. The lowest BCUT2D eigenvalue weighted by molar-refractivity contribution is 0.0854. The molecule has 0 amide bonds. The largest absolute Gasteiger partial charge is 0.496 e. The first kappa shape index (κ1) is 15.5. The summed E-state index contributed by atoms with van der Waals surface area (Å²) in [4.78, 5) is 12.4. The van der Waals surface area contributed by atoms with E-state index < -0.39 is 5.41 Å². The molecule has 0 aliphatic heterocycles. The van der Waals surface area contributed by atoms with Crippen LogP contribution < -0.4 is 15.2 Å². The van der Waals surface area contributed by atoms with Gasteiger partial charge in [-0.2, -0.15) is 0 Å². The number of Topliss-reactive ketones (excluding diaryl/α,β-unsaturated/α-hetero) is 1. The van der Waals surface area contributed by atoms with E-state index in [4.69, 9.17) is 15.2 Å². The predicted octanol–water partition coefficient (Wildman–Crippen LogP) is 2.43. The Morgan fingerprint density at radius 3 is 2.16 bits per heavy atom. The third-order valence-corrected chi connectivity index (χ3v) is 2.94. The van der Waals surface area contributed by atoms with Gasteiger partial charge in [0, 0.05) is 5.41 Å². The summed E-state index contributed by atoms with van der Waals surface area (Å²) in [7, 11) is 3.15. The molecule has 19 heavy (non-hydrogen) atoms. The van der Waals surface area contributed by atoms with Gasteiger partial charge in [-0.15, -0.1) is 0 Å². The summed E-state index contributed by atoms with van der Waals surface area (Å²) < 4.78 is 10.7. The highest BCUT2D eigenvalue weighted by Gasteiger charge is 2.27. The van der Waals surface area contributed by atoms with E-state index in [1.807, 2.05) is 26.8 Å². The second-order valence-electron chi connectivity index (χ2n) is 5.48. The van der Waals surface area contributed by atoms with Crippen molar-refractivity contribution >= 4 is 5.78 Å². The zero-order valence-electron chi connectivity index (χ0n) is 12.4. The van der Waals surface area contributed by atoms with Crippen LogP contribution >= 0.6 is 0 Å². The molecular weight excluding hydrogens is 242 g/mol. The van der Waals surface area contributed by atoms with E-state index in [2.05, 4.69) is 0 Å². The molecule has 1 rings (SSSR count). The Morgan fingerprint density at radius 2 is 1.74 bits per heavy atom. The Balaban J connectivity index is 3.36. The molecule has 0 aromatic heterocycles. The third kappa shape index (κ3) is 3.47. The van der Waals surface area contributed by atoms with Crippen molar-refractivity contribution < 1.29 is 14.3 Å². The second-order valence-corrected chi connectivity index (χ2v) is 5.48. The number of benzene rings is 1. The minimum Gasteiger partial charge on any atom is -0.496 e. The summed E-state index contributed by atoms with van der Waals surface area (Å²) in [6.45, 7) is 6.17. The van der Waals surface area contributed by atoms with Gasteiger partial charge in [-0.25, -0.2) is 0 Å². The minimum atomic E-state index is -0.465. The zero-order valence-corrected chi connectivity index (χ0v) is 12.4. The van der Waals surface area contributed by atoms with Crippen LogP contribution in [-0.2, 0) is 6.42 Å². The van der Waals surface area contributed by atoms with Crippen molar-refractivity contribution in [2.45, 2.75) is 27.2 Å². The molecule has 0 radical (unpaired) electrons. The van der Waals surface area contributed by atoms with E-state index in [9.17, 15) is 4.79 Å². The first-order valence-electron chi connectivity index (χ1n) is 6.35. The highest BCUT2D eigenvalue weighted by atomic mass is 16.5. The summed E-state index contributed by atoms with van der Waals surface area (Å²) in [5.41, 5.74) is 6.61. The lowest BCUT2D eigenvalue weighted by Gasteiger charge is -2.20. The summed E-state index contributed by atoms with van der Waals surface area (Å²) in [5.74, 6) is 1.28. The van der Waals surface area contributed by atoms with Gasteiger partial charge in [-0.1, -0.05) is 20.8 Å². The number of hydrogen-bond acceptors (Lipinski definition) is 4. The van der Waals surface area contributed by atoms with Crippen LogP contribution in [0.15, 0.2) is 12.1 Å². The molecule has 0 unspecified atom stereocenters. The smallest absolute Gasteiger partial charge is 0.172 e. The lowest BCUT2D eigenvalue weighted by atomic mass is 9.85. The van der Waals surface area contributed by atoms with Gasteiger partial charge < -0.3 is 15.2 Å². The fourth-order valence-electron chi connectivity index (χ4n) is 1.89. The predicted molar refractivity (Wildman–Crippen MR) is 76.1 cm³/mol. The molecule has 0 spiro atoms. The zero-order chi connectivity index (χ0) is 14.6. The van der Waals surface area contributed by atoms with Crippen LogP contribution in [0.25, 0.3) is 0 Å². The first-order valence-corrected chi connectivity index (χ1v) is 6.35. The molecule has 0 heterocycles. The maximum absolute atomic E-state index is 12.4. The van der Waals surface area contributed by atoms with Crippen molar-refractivity contribution in [3.8, 4) is 11.5 Å². The van der Waals surface area contributed by atoms with Crippen molar-refractivity contribution in [1.82, 2.24) is 0 Å². The van der Waals surface area contributed by atoms with Crippen molar-refractivity contribution in [3.63, 3.8) is 0 Å². The Labute approximate surface area is 114 Å². The summed E-state index contributed by atoms with van der Waals surface area (Å²) in [5, 5.41) is 0. The van der Waals surface area contributed by atoms with Gasteiger partial charge in [0.1, 0.15) is 11.5 Å². The molecule has 0 aliphatic carbocycles. The van der Waals surface area contributed by atoms with Gasteiger partial charge in [0.2, 0.25) is 0 Å². The highest BCUT2D eigenvalue weighted by Crippen LogP contribution is 2.33. The van der Waals surface area contributed by atoms with E-state index in [-0.39, 0.29) is 5.78 Å². The normalized spacial score (nSPS) is 11.3. The van der Waals surface area contributed by atoms with E-state index in [0.717, 1.165) is 5.56 Å². The van der Waals surface area contributed by atoms with Crippen LogP contribution in [0.1, 0.15) is 36.7 Å². The van der Waals surface area contributed by atoms with Gasteiger partial charge >= 0.3 is 0 Å². The van der Waals surface area contributed by atoms with Crippen molar-refractivity contribution in [2.75, 3.05) is 20.8 Å². The molecule has 4 nitrogen and oxygen atoms in total. The Bertz CT molecular complexity index is 461. The summed E-state index contributed by atoms with van der Waals surface area (Å²) in [6, 6.07) is 3.59. The molecule has 0 aliphatic rings. The number of rotatable bonds is 5. The van der Waals surface area contributed by atoms with Gasteiger partial charge in [-0.05, 0) is 30.7 Å². The van der Waals surface area contributed by atoms with Crippen molar-refractivity contribution in [2.24, 2.45) is 11.1 Å². The number of hydrogen-bond donors (Lipinski definition) is 1. The number of carbonyl (C=O) groups excluding carboxylic acids is 1. The average molecular weight is 265 g/mol. The molecule has 2 N–H and O–H groups in total. The van der Waals surface area contributed by atoms with Gasteiger partial charge in [0.15, 0.2) is 5.78 Å². The number of carbonyl (C=O) groups is 1. The van der Waals surface area contributed by atoms with Crippen LogP contribution in [0.2, 0.25) is 0 Å². The van der Waals surface area contributed by atoms with Crippen LogP contribution in [0.4, 0.5) is 0 Å². The first-order chi connectivity index (χ1) is 8.85. The number of methoxy groups -OCH3 is 2. The Morgan fingerprint density at radius 1 is 1.16 bits per heavy atom. The molecule has 0 atom stereocenters. The fraction of sp³-hybridized carbons (Fsp3) is 0.533. The van der Waals surface area contributed by atoms with E-state index in [0.29, 0.717) is 30.0 Å². The molecular formula is C15H23NO3. The molecule has 0 bridgehead atoms. The molecule has 1 aromatic rings. The SMILES string of the molecule is COc1cc(C(=O)C(C)(C)C)c(OC)cc1CCN. The van der Waals surface area contributed by atoms with Crippen molar-refractivity contribution in [3.05, 3.63) is 23.3 Å². The van der Waals surface area contributed by atoms with E-state index >= 15 is 0 Å². The highest BCUT2D eigenvalue weighted by molar-refractivity contribution is 6.02. The van der Waals surface area contributed by atoms with Crippen LogP contribution in [0.3, 0.4) is 0 Å². The lowest BCUT2D eigenvalue weighted by Crippen LogP contribution is -2.21. The van der Waals surface area contributed by atoms with Crippen LogP contribution in [0, 0.1) is 5.41 Å². The molecule has 0 fully saturated rings. The van der Waals surface area contributed by atoms with Gasteiger partial charge in [-0.3, -0.25) is 4.79 Å². The Hall–Kier alpha value is -1.55. The summed E-state index contributed by atoms with van der Waals surface area (Å²) >= 11 is 0. The maximum atomic E-state index is 12.4. The van der Waals surface area contributed by atoms with Gasteiger partial charge in [0.25, 0.3) is 0 Å². The summed E-state index contributed by atoms with van der Waals surface area (Å²) in [6.07, 6.45) is 0.684. The second kappa shape index (κ2) is 6.06. The van der Waals surface area contributed by atoms with E-state index in [1.54, 1.807) is 20.3 Å². The third-order valence-electron chi connectivity index (χ3n) is 2.94. The average Bonchev–Trinajstić information content (AvgIpc) is 2.36. The topological polar surface area (TPSA) is 61.5 Å². The molecule has 1 aromatic carbocycles. The van der Waals surface area contributed by atoms with Crippen LogP contribution in [-0.4, -0.2) is 26.5 Å². The van der Waals surface area contributed by atoms with Crippen molar-refractivity contribution in [1.29, 1.82) is 0 Å². The fourth-order valence-corrected chi connectivity index (χ4v) is 1.89. The van der Waals surface area contributed by atoms with Gasteiger partial charge in [0.05, 0.1) is 19.8 Å². The minimum absolute atomic E-state index is 0.0296. The number of ether oxygens (including phenoxy) is 2. The number of nitrogens with two attached hydrogens (primary N) is 1. The quantitative estimate of drug-likeness (QED) is 0.831. The molecule has 0 saturated carbocycles. The van der Waals surface area contributed by atoms with Crippen LogP contribution in [0.5, 0.6) is 11.5 Å². The Kier molecular flexibility index (Phi) is 4.95. The maximum Gasteiger partial charge on any atom is 0.172 e. The van der Waals surface area contributed by atoms with E-state index in [1.165, 1.54) is 0 Å². The molecule has 106 valence electrons. The number of ketones is 1. The monoisotopic (exact) mass is 265 g/mol.